The largest absolute Gasteiger partial charge is 0.332 e. The highest BCUT2D eigenvalue weighted by molar-refractivity contribution is 5.92. The van der Waals surface area contributed by atoms with Gasteiger partial charge in [-0.05, 0) is 26.0 Å². The van der Waals surface area contributed by atoms with Crippen LogP contribution in [0.3, 0.4) is 0 Å². The summed E-state index contributed by atoms with van der Waals surface area (Å²) in [6, 6.07) is 5.68. The first-order valence-electron chi connectivity index (χ1n) is 6.02. The molecule has 1 aliphatic rings. The Morgan fingerprint density at radius 3 is 2.94 bits per heavy atom. The van der Waals surface area contributed by atoms with E-state index in [9.17, 15) is 4.79 Å². The van der Waals surface area contributed by atoms with Gasteiger partial charge in [-0.1, -0.05) is 0 Å². The number of nitriles is 1. The van der Waals surface area contributed by atoms with Crippen molar-refractivity contribution in [3.05, 3.63) is 29.6 Å². The van der Waals surface area contributed by atoms with Crippen LogP contribution in [-0.2, 0) is 0 Å². The fourth-order valence-corrected chi connectivity index (χ4v) is 2.04. The number of hydrogen-bond acceptors (Lipinski definition) is 4. The highest BCUT2D eigenvalue weighted by Crippen LogP contribution is 2.11. The van der Waals surface area contributed by atoms with Gasteiger partial charge < -0.3 is 10.2 Å². The van der Waals surface area contributed by atoms with Gasteiger partial charge in [-0.25, -0.2) is 4.98 Å². The predicted octanol–water partition coefficient (Wildman–Crippen LogP) is 0.776. The SMILES string of the molecule is CC1CN(C(=O)c2ccc(C#N)cn2)C(C)CN1. The maximum Gasteiger partial charge on any atom is 0.272 e. The Hall–Kier alpha value is -1.93. The van der Waals surface area contributed by atoms with Crippen LogP contribution < -0.4 is 5.32 Å². The summed E-state index contributed by atoms with van der Waals surface area (Å²) in [7, 11) is 0. The number of piperazine rings is 1. The van der Waals surface area contributed by atoms with Crippen LogP contribution >= 0.6 is 0 Å². The molecule has 0 aromatic carbocycles. The van der Waals surface area contributed by atoms with E-state index in [0.717, 1.165) is 6.54 Å². The smallest absolute Gasteiger partial charge is 0.272 e. The molecule has 1 aromatic heterocycles. The number of carbonyl (C=O) groups is 1. The van der Waals surface area contributed by atoms with Crippen molar-refractivity contribution in [2.24, 2.45) is 0 Å². The monoisotopic (exact) mass is 244 g/mol. The molecule has 5 heteroatoms. The highest BCUT2D eigenvalue weighted by Gasteiger charge is 2.27. The summed E-state index contributed by atoms with van der Waals surface area (Å²) < 4.78 is 0. The van der Waals surface area contributed by atoms with Gasteiger partial charge in [0, 0.05) is 31.4 Å². The lowest BCUT2D eigenvalue weighted by Crippen LogP contribution is -2.56. The second-order valence-electron chi connectivity index (χ2n) is 4.66. The van der Waals surface area contributed by atoms with E-state index in [4.69, 9.17) is 5.26 Å². The highest BCUT2D eigenvalue weighted by atomic mass is 16.2. The lowest BCUT2D eigenvalue weighted by atomic mass is 10.1. The molecular weight excluding hydrogens is 228 g/mol. The summed E-state index contributed by atoms with van der Waals surface area (Å²) in [5, 5.41) is 12.0. The van der Waals surface area contributed by atoms with Crippen molar-refractivity contribution in [3.8, 4) is 6.07 Å². The van der Waals surface area contributed by atoms with Gasteiger partial charge in [0.15, 0.2) is 0 Å². The Bertz CT molecular complexity index is 477. The number of nitrogens with one attached hydrogen (secondary N) is 1. The Kier molecular flexibility index (Phi) is 3.58. The van der Waals surface area contributed by atoms with Gasteiger partial charge in [-0.3, -0.25) is 4.79 Å². The van der Waals surface area contributed by atoms with Crippen LogP contribution in [0, 0.1) is 11.3 Å². The van der Waals surface area contributed by atoms with E-state index in [2.05, 4.69) is 17.2 Å². The first-order valence-corrected chi connectivity index (χ1v) is 6.02. The standard InChI is InChI=1S/C13H16N4O/c1-9-8-17(10(2)6-15-9)13(18)12-4-3-11(5-14)7-16-12/h3-4,7,9-10,15H,6,8H2,1-2H3. The molecule has 5 nitrogen and oxygen atoms in total. The topological polar surface area (TPSA) is 69.0 Å². The van der Waals surface area contributed by atoms with Gasteiger partial charge in [-0.2, -0.15) is 5.26 Å². The van der Waals surface area contributed by atoms with Gasteiger partial charge in [0.2, 0.25) is 0 Å². The first-order chi connectivity index (χ1) is 8.61. The molecule has 0 saturated carbocycles. The average Bonchev–Trinajstić information content (AvgIpc) is 2.41. The van der Waals surface area contributed by atoms with E-state index < -0.39 is 0 Å². The fraction of sp³-hybridized carbons (Fsp3) is 0.462. The van der Waals surface area contributed by atoms with Crippen LogP contribution in [0.2, 0.25) is 0 Å². The molecule has 2 unspecified atom stereocenters. The Balaban J connectivity index is 2.16. The molecule has 0 bridgehead atoms. The molecule has 1 N–H and O–H groups in total. The van der Waals surface area contributed by atoms with E-state index in [1.165, 1.54) is 6.20 Å². The fourth-order valence-electron chi connectivity index (χ4n) is 2.04. The van der Waals surface area contributed by atoms with Crippen LogP contribution in [0.15, 0.2) is 18.3 Å². The van der Waals surface area contributed by atoms with Crippen molar-refractivity contribution in [3.63, 3.8) is 0 Å². The first kappa shape index (κ1) is 12.5. The van der Waals surface area contributed by atoms with E-state index in [1.807, 2.05) is 17.9 Å². The zero-order valence-electron chi connectivity index (χ0n) is 10.6. The molecule has 2 atom stereocenters. The van der Waals surface area contributed by atoms with Gasteiger partial charge in [-0.15, -0.1) is 0 Å². The molecule has 18 heavy (non-hydrogen) atoms. The molecule has 1 fully saturated rings. The Labute approximate surface area is 106 Å². The van der Waals surface area contributed by atoms with Crippen LogP contribution in [0.4, 0.5) is 0 Å². The Morgan fingerprint density at radius 1 is 1.56 bits per heavy atom. The van der Waals surface area contributed by atoms with E-state index >= 15 is 0 Å². The quantitative estimate of drug-likeness (QED) is 0.792. The second-order valence-corrected chi connectivity index (χ2v) is 4.66. The molecule has 0 aliphatic carbocycles. The molecular formula is C13H16N4O. The minimum absolute atomic E-state index is 0.0691. The molecule has 1 aromatic rings. The molecule has 94 valence electrons. The van der Waals surface area contributed by atoms with Crippen molar-refractivity contribution in [1.29, 1.82) is 5.26 Å². The maximum atomic E-state index is 12.3. The van der Waals surface area contributed by atoms with E-state index in [-0.39, 0.29) is 11.9 Å². The molecule has 2 rings (SSSR count). The molecule has 1 amide bonds. The average molecular weight is 244 g/mol. The zero-order valence-corrected chi connectivity index (χ0v) is 10.6. The molecule has 1 aliphatic heterocycles. The van der Waals surface area contributed by atoms with Crippen molar-refractivity contribution in [1.82, 2.24) is 15.2 Å². The molecule has 0 spiro atoms. The van der Waals surface area contributed by atoms with Crippen molar-refractivity contribution < 1.29 is 4.79 Å². The Morgan fingerprint density at radius 2 is 2.33 bits per heavy atom. The van der Waals surface area contributed by atoms with Gasteiger partial charge in [0.1, 0.15) is 11.8 Å². The van der Waals surface area contributed by atoms with E-state index in [1.54, 1.807) is 12.1 Å². The number of pyridine rings is 1. The lowest BCUT2D eigenvalue weighted by molar-refractivity contribution is 0.0610. The van der Waals surface area contributed by atoms with Crippen LogP contribution in [-0.4, -0.2) is 41.0 Å². The van der Waals surface area contributed by atoms with Crippen molar-refractivity contribution in [2.75, 3.05) is 13.1 Å². The predicted molar refractivity (Wildman–Crippen MR) is 66.9 cm³/mol. The summed E-state index contributed by atoms with van der Waals surface area (Å²) in [5.74, 6) is -0.0691. The van der Waals surface area contributed by atoms with Crippen molar-refractivity contribution in [2.45, 2.75) is 25.9 Å². The van der Waals surface area contributed by atoms with Crippen LogP contribution in [0.5, 0.6) is 0 Å². The van der Waals surface area contributed by atoms with Gasteiger partial charge >= 0.3 is 0 Å². The number of amides is 1. The third-order valence-electron chi connectivity index (χ3n) is 3.14. The van der Waals surface area contributed by atoms with Crippen molar-refractivity contribution >= 4 is 5.91 Å². The lowest BCUT2D eigenvalue weighted by Gasteiger charge is -2.37. The number of hydrogen-bond donors (Lipinski definition) is 1. The zero-order chi connectivity index (χ0) is 13.1. The minimum atomic E-state index is -0.0691. The van der Waals surface area contributed by atoms with Gasteiger partial charge in [0.05, 0.1) is 5.56 Å². The molecule has 2 heterocycles. The second kappa shape index (κ2) is 5.15. The number of aromatic nitrogens is 1. The third kappa shape index (κ3) is 2.49. The summed E-state index contributed by atoms with van der Waals surface area (Å²) in [4.78, 5) is 18.2. The number of carbonyl (C=O) groups excluding carboxylic acids is 1. The maximum absolute atomic E-state index is 12.3. The number of rotatable bonds is 1. The molecule has 1 saturated heterocycles. The van der Waals surface area contributed by atoms with Crippen LogP contribution in [0.25, 0.3) is 0 Å². The van der Waals surface area contributed by atoms with Crippen LogP contribution in [0.1, 0.15) is 29.9 Å². The van der Waals surface area contributed by atoms with E-state index in [0.29, 0.717) is 23.8 Å². The summed E-state index contributed by atoms with van der Waals surface area (Å²) in [6.45, 7) is 5.55. The summed E-state index contributed by atoms with van der Waals surface area (Å²) >= 11 is 0. The normalized spacial score (nSPS) is 23.5. The number of nitrogens with zero attached hydrogens (tertiary/aromatic N) is 3. The minimum Gasteiger partial charge on any atom is -0.332 e. The third-order valence-corrected chi connectivity index (χ3v) is 3.14. The van der Waals surface area contributed by atoms with Gasteiger partial charge in [0.25, 0.3) is 5.91 Å². The molecule has 0 radical (unpaired) electrons. The summed E-state index contributed by atoms with van der Waals surface area (Å²) in [5.41, 5.74) is 0.864. The summed E-state index contributed by atoms with van der Waals surface area (Å²) in [6.07, 6.45) is 1.43.